The number of hydrogen-bond acceptors (Lipinski definition) is 5. The highest BCUT2D eigenvalue weighted by Crippen LogP contribution is 2.11. The summed E-state index contributed by atoms with van der Waals surface area (Å²) in [6.07, 6.45) is 2.93. The van der Waals surface area contributed by atoms with Crippen molar-refractivity contribution in [3.05, 3.63) is 65.5 Å². The van der Waals surface area contributed by atoms with E-state index in [1.807, 2.05) is 30.3 Å². The van der Waals surface area contributed by atoms with Crippen LogP contribution in [0.15, 0.2) is 58.6 Å². The van der Waals surface area contributed by atoms with Gasteiger partial charge in [0.25, 0.3) is 5.91 Å². The molecule has 1 N–H and O–H groups in total. The van der Waals surface area contributed by atoms with Gasteiger partial charge >= 0.3 is 0 Å². The van der Waals surface area contributed by atoms with Gasteiger partial charge in [-0.2, -0.15) is 4.31 Å². The maximum atomic E-state index is 12.5. The molecule has 8 nitrogen and oxygen atoms in total. The molecule has 28 heavy (non-hydrogen) atoms. The summed E-state index contributed by atoms with van der Waals surface area (Å²) in [5.41, 5.74) is 0.798. The fourth-order valence-electron chi connectivity index (χ4n) is 2.77. The van der Waals surface area contributed by atoms with Crippen molar-refractivity contribution in [1.29, 1.82) is 0 Å². The molecule has 0 aliphatic carbocycles. The predicted molar refractivity (Wildman–Crippen MR) is 104 cm³/mol. The van der Waals surface area contributed by atoms with Gasteiger partial charge in [0.05, 0.1) is 12.8 Å². The van der Waals surface area contributed by atoms with Crippen LogP contribution in [0.2, 0.25) is 0 Å². The molecule has 2 heterocycles. The molecule has 0 bridgehead atoms. The Morgan fingerprint density at radius 2 is 1.75 bits per heavy atom. The Bertz CT molecular complexity index is 931. The Morgan fingerprint density at radius 3 is 2.39 bits per heavy atom. The maximum absolute atomic E-state index is 12.5. The summed E-state index contributed by atoms with van der Waals surface area (Å²) in [6, 6.07) is 12.3. The van der Waals surface area contributed by atoms with Crippen molar-refractivity contribution >= 4 is 27.9 Å². The zero-order valence-corrected chi connectivity index (χ0v) is 16.0. The third-order valence-electron chi connectivity index (χ3n) is 4.33. The molecular weight excluding hydrogens is 382 g/mol. The van der Waals surface area contributed by atoms with Crippen molar-refractivity contribution in [2.24, 2.45) is 0 Å². The first-order valence-electron chi connectivity index (χ1n) is 8.78. The molecule has 1 aliphatic heterocycles. The van der Waals surface area contributed by atoms with E-state index in [0.29, 0.717) is 0 Å². The van der Waals surface area contributed by atoms with Gasteiger partial charge in [-0.1, -0.05) is 30.3 Å². The van der Waals surface area contributed by atoms with E-state index in [0.717, 1.165) is 5.56 Å². The molecule has 0 radical (unpaired) electrons. The van der Waals surface area contributed by atoms with Crippen LogP contribution in [0, 0.1) is 0 Å². The quantitative estimate of drug-likeness (QED) is 0.780. The van der Waals surface area contributed by atoms with E-state index >= 15 is 0 Å². The monoisotopic (exact) mass is 403 g/mol. The van der Waals surface area contributed by atoms with E-state index in [2.05, 4.69) is 5.32 Å². The molecule has 1 aliphatic rings. The summed E-state index contributed by atoms with van der Waals surface area (Å²) in [6.45, 7) is 0.792. The topological polar surface area (TPSA) is 99.9 Å². The van der Waals surface area contributed by atoms with E-state index in [1.54, 1.807) is 12.1 Å². The Labute approximate surface area is 163 Å². The number of carbonyl (C=O) groups excluding carboxylic acids is 2. The number of nitrogens with zero attached hydrogens (tertiary/aromatic N) is 2. The molecule has 2 amide bonds. The molecule has 3 rings (SSSR count). The summed E-state index contributed by atoms with van der Waals surface area (Å²) in [7, 11) is -3.55. The number of hydrogen-bond donors (Lipinski definition) is 1. The van der Waals surface area contributed by atoms with Crippen molar-refractivity contribution < 1.29 is 22.4 Å². The number of amides is 2. The minimum atomic E-state index is -3.55. The van der Waals surface area contributed by atoms with Gasteiger partial charge in [-0.3, -0.25) is 9.59 Å². The van der Waals surface area contributed by atoms with Crippen molar-refractivity contribution in [2.75, 3.05) is 32.7 Å². The van der Waals surface area contributed by atoms with E-state index in [-0.39, 0.29) is 44.4 Å². The van der Waals surface area contributed by atoms with Gasteiger partial charge in [0.15, 0.2) is 5.76 Å². The highest BCUT2D eigenvalue weighted by molar-refractivity contribution is 7.92. The number of piperazine rings is 1. The largest absolute Gasteiger partial charge is 0.459 e. The molecule has 1 aromatic heterocycles. The number of furan rings is 1. The predicted octanol–water partition coefficient (Wildman–Crippen LogP) is 1.15. The lowest BCUT2D eigenvalue weighted by molar-refractivity contribution is -0.131. The summed E-state index contributed by atoms with van der Waals surface area (Å²) in [4.78, 5) is 25.6. The molecule has 1 saturated heterocycles. The van der Waals surface area contributed by atoms with Crippen LogP contribution in [0.4, 0.5) is 0 Å². The maximum Gasteiger partial charge on any atom is 0.287 e. The Hall–Kier alpha value is -2.91. The second kappa shape index (κ2) is 8.85. The number of sulfonamides is 1. The summed E-state index contributed by atoms with van der Waals surface area (Å²) in [5, 5.41) is 3.68. The molecule has 0 unspecified atom stereocenters. The first-order valence-corrected chi connectivity index (χ1v) is 10.3. The smallest absolute Gasteiger partial charge is 0.287 e. The standard InChI is InChI=1S/C19H21N3O5S/c23-18(15-20-19(24)17-7-4-13-27-17)21-9-11-22(12-10-21)28(25,26)14-8-16-5-2-1-3-6-16/h1-8,13-14H,9-12,15H2,(H,20,24)/b14-8+. The van der Waals surface area contributed by atoms with Gasteiger partial charge in [0.1, 0.15) is 0 Å². The second-order valence-corrected chi connectivity index (χ2v) is 8.02. The lowest BCUT2D eigenvalue weighted by Crippen LogP contribution is -2.52. The second-order valence-electron chi connectivity index (χ2n) is 6.20. The van der Waals surface area contributed by atoms with E-state index in [4.69, 9.17) is 4.42 Å². The van der Waals surface area contributed by atoms with Crippen LogP contribution < -0.4 is 5.32 Å². The first-order chi connectivity index (χ1) is 13.5. The average molecular weight is 403 g/mol. The summed E-state index contributed by atoms with van der Waals surface area (Å²) < 4.78 is 31.2. The van der Waals surface area contributed by atoms with Crippen LogP contribution >= 0.6 is 0 Å². The minimum absolute atomic E-state index is 0.133. The van der Waals surface area contributed by atoms with Crippen LogP contribution in [0.1, 0.15) is 16.1 Å². The summed E-state index contributed by atoms with van der Waals surface area (Å²) >= 11 is 0. The van der Waals surface area contributed by atoms with Crippen molar-refractivity contribution in [3.63, 3.8) is 0 Å². The fourth-order valence-corrected chi connectivity index (χ4v) is 3.94. The van der Waals surface area contributed by atoms with E-state index < -0.39 is 15.9 Å². The third-order valence-corrected chi connectivity index (χ3v) is 5.89. The summed E-state index contributed by atoms with van der Waals surface area (Å²) in [5.74, 6) is -0.601. The normalized spacial score (nSPS) is 15.6. The number of carbonyl (C=O) groups is 2. The molecule has 1 aromatic carbocycles. The Kier molecular flexibility index (Phi) is 6.27. The molecule has 0 spiro atoms. The number of nitrogens with one attached hydrogen (secondary N) is 1. The molecule has 2 aromatic rings. The van der Waals surface area contributed by atoms with E-state index in [1.165, 1.54) is 26.9 Å². The van der Waals surface area contributed by atoms with Gasteiger partial charge in [-0.15, -0.1) is 0 Å². The average Bonchev–Trinajstić information content (AvgIpc) is 3.26. The fraction of sp³-hybridized carbons (Fsp3) is 0.263. The van der Waals surface area contributed by atoms with Crippen LogP contribution in [-0.2, 0) is 14.8 Å². The van der Waals surface area contributed by atoms with Gasteiger partial charge < -0.3 is 14.6 Å². The van der Waals surface area contributed by atoms with Crippen molar-refractivity contribution in [3.8, 4) is 0 Å². The Morgan fingerprint density at radius 1 is 1.04 bits per heavy atom. The van der Waals surface area contributed by atoms with Gasteiger partial charge in [-0.25, -0.2) is 8.42 Å². The zero-order chi connectivity index (χ0) is 20.0. The van der Waals surface area contributed by atoms with Gasteiger partial charge in [-0.05, 0) is 23.8 Å². The third kappa shape index (κ3) is 5.08. The molecule has 9 heteroatoms. The molecular formula is C19H21N3O5S. The molecule has 0 atom stereocenters. The van der Waals surface area contributed by atoms with Crippen LogP contribution in [0.25, 0.3) is 6.08 Å². The number of benzene rings is 1. The highest BCUT2D eigenvalue weighted by Gasteiger charge is 2.27. The lowest BCUT2D eigenvalue weighted by atomic mass is 10.2. The van der Waals surface area contributed by atoms with Crippen LogP contribution in [0.5, 0.6) is 0 Å². The lowest BCUT2D eigenvalue weighted by Gasteiger charge is -2.33. The molecule has 148 valence electrons. The Balaban J connectivity index is 1.48. The van der Waals surface area contributed by atoms with Gasteiger partial charge in [0, 0.05) is 31.6 Å². The highest BCUT2D eigenvalue weighted by atomic mass is 32.2. The van der Waals surface area contributed by atoms with E-state index in [9.17, 15) is 18.0 Å². The van der Waals surface area contributed by atoms with Crippen molar-refractivity contribution in [2.45, 2.75) is 0 Å². The van der Waals surface area contributed by atoms with Gasteiger partial charge in [0.2, 0.25) is 15.9 Å². The van der Waals surface area contributed by atoms with Crippen LogP contribution in [-0.4, -0.2) is 62.2 Å². The zero-order valence-electron chi connectivity index (χ0n) is 15.2. The van der Waals surface area contributed by atoms with Crippen molar-refractivity contribution in [1.82, 2.24) is 14.5 Å². The number of rotatable bonds is 6. The molecule has 0 saturated carbocycles. The van der Waals surface area contributed by atoms with Crippen LogP contribution in [0.3, 0.4) is 0 Å². The SMILES string of the molecule is O=C(NCC(=O)N1CCN(S(=O)(=O)/C=C/c2ccccc2)CC1)c1ccco1. The molecule has 1 fully saturated rings. The minimum Gasteiger partial charge on any atom is -0.459 e. The first kappa shape index (κ1) is 19.8.